The van der Waals surface area contributed by atoms with Crippen LogP contribution in [0.4, 0.5) is 14.5 Å². The van der Waals surface area contributed by atoms with Gasteiger partial charge in [0.2, 0.25) is 10.0 Å². The molecule has 47 heavy (non-hydrogen) atoms. The average molecular weight is 695 g/mol. The number of ether oxygens (including phenoxy) is 2. The first-order valence-corrected chi connectivity index (χ1v) is 18.2. The summed E-state index contributed by atoms with van der Waals surface area (Å²) in [6, 6.07) is 6.13. The largest absolute Gasteiger partial charge is 0.490 e. The number of carboxylic acids is 1. The third-order valence-corrected chi connectivity index (χ3v) is 12.9. The van der Waals surface area contributed by atoms with Crippen molar-refractivity contribution < 1.29 is 36.6 Å². The molecule has 7 atom stereocenters. The van der Waals surface area contributed by atoms with Crippen molar-refractivity contribution in [3.05, 3.63) is 69.3 Å². The molecule has 5 rings (SSSR count). The summed E-state index contributed by atoms with van der Waals surface area (Å²) in [6.07, 6.45) is 5.45. The summed E-state index contributed by atoms with van der Waals surface area (Å²) < 4.78 is 66.6. The van der Waals surface area contributed by atoms with Gasteiger partial charge >= 0.3 is 5.97 Å². The van der Waals surface area contributed by atoms with Gasteiger partial charge in [0.15, 0.2) is 0 Å². The average Bonchev–Trinajstić information content (AvgIpc) is 3.16. The Hall–Kier alpha value is -2.73. The van der Waals surface area contributed by atoms with Crippen molar-refractivity contribution in [2.24, 2.45) is 28.8 Å². The Labute approximate surface area is 281 Å². The van der Waals surface area contributed by atoms with Gasteiger partial charge in [0.1, 0.15) is 22.4 Å². The van der Waals surface area contributed by atoms with Crippen molar-refractivity contribution in [3.8, 4) is 5.75 Å². The molecule has 0 bridgehead atoms. The molecule has 3 aliphatic rings. The Balaban J connectivity index is 1.47. The maximum atomic E-state index is 15.3. The van der Waals surface area contributed by atoms with Gasteiger partial charge in [-0.3, -0.25) is 0 Å². The van der Waals surface area contributed by atoms with E-state index >= 15 is 4.39 Å². The molecule has 0 radical (unpaired) electrons. The molecule has 1 fully saturated rings. The highest BCUT2D eigenvalue weighted by Gasteiger charge is 2.46. The molecule has 2 aromatic rings. The normalized spacial score (nSPS) is 25.5. The van der Waals surface area contributed by atoms with Crippen molar-refractivity contribution in [1.29, 1.82) is 0 Å². The molecule has 1 spiro atoms. The second kappa shape index (κ2) is 13.6. The SMILES string of the molecule is CO[C@@H](/C(C)=C/C(C)[C@H](C)[C@@H](C)S(N)(=O)=O)[C@@H]1CC[C@H]1CN1C[C@@]2(CCCc3c2cc(F)c(Cl)c3F)COc2ccc(C(=O)O)cc21. The van der Waals surface area contributed by atoms with E-state index in [1.54, 1.807) is 26.2 Å². The number of anilines is 1. The Morgan fingerprint density at radius 2 is 1.98 bits per heavy atom. The van der Waals surface area contributed by atoms with Crippen molar-refractivity contribution in [2.75, 3.05) is 31.7 Å². The van der Waals surface area contributed by atoms with Crippen molar-refractivity contribution in [3.63, 3.8) is 0 Å². The molecule has 2 aliphatic carbocycles. The fourth-order valence-electron chi connectivity index (χ4n) is 7.89. The highest BCUT2D eigenvalue weighted by molar-refractivity contribution is 7.89. The van der Waals surface area contributed by atoms with Crippen LogP contribution in [-0.4, -0.2) is 57.7 Å². The van der Waals surface area contributed by atoms with Crippen molar-refractivity contribution in [2.45, 2.75) is 76.6 Å². The number of carbonyl (C=O) groups is 1. The minimum Gasteiger partial charge on any atom is -0.490 e. The molecular weight excluding hydrogens is 650 g/mol. The first-order valence-electron chi connectivity index (χ1n) is 16.2. The number of allylic oxidation sites excluding steroid dienone is 1. The van der Waals surface area contributed by atoms with Crippen LogP contribution >= 0.6 is 11.6 Å². The van der Waals surface area contributed by atoms with Crippen LogP contribution in [0.25, 0.3) is 0 Å². The van der Waals surface area contributed by atoms with E-state index in [0.29, 0.717) is 54.9 Å². The number of halogens is 3. The molecule has 2 aromatic carbocycles. The summed E-state index contributed by atoms with van der Waals surface area (Å²) in [6.45, 7) is 8.61. The molecule has 12 heteroatoms. The molecule has 1 saturated carbocycles. The van der Waals surface area contributed by atoms with Gasteiger partial charge < -0.3 is 19.5 Å². The summed E-state index contributed by atoms with van der Waals surface area (Å²) in [5, 5.41) is 14.0. The van der Waals surface area contributed by atoms with Gasteiger partial charge in [0, 0.05) is 25.6 Å². The predicted octanol–water partition coefficient (Wildman–Crippen LogP) is 6.73. The van der Waals surface area contributed by atoms with E-state index < -0.39 is 43.3 Å². The lowest BCUT2D eigenvalue weighted by molar-refractivity contribution is 0.00591. The van der Waals surface area contributed by atoms with Gasteiger partial charge in [-0.1, -0.05) is 31.5 Å². The van der Waals surface area contributed by atoms with E-state index in [0.717, 1.165) is 18.4 Å². The topological polar surface area (TPSA) is 119 Å². The van der Waals surface area contributed by atoms with Crippen LogP contribution in [0.15, 0.2) is 35.9 Å². The fraction of sp³-hybridized carbons (Fsp3) is 0.571. The Morgan fingerprint density at radius 1 is 1.26 bits per heavy atom. The number of rotatable bonds is 10. The zero-order chi connectivity index (χ0) is 34.4. The number of fused-ring (bicyclic) bond motifs is 3. The van der Waals surface area contributed by atoms with E-state index in [2.05, 4.69) is 11.0 Å². The van der Waals surface area contributed by atoms with E-state index in [9.17, 15) is 22.7 Å². The lowest BCUT2D eigenvalue weighted by atomic mass is 9.67. The minimum absolute atomic E-state index is 0.0657. The van der Waals surface area contributed by atoms with E-state index in [4.69, 9.17) is 26.2 Å². The zero-order valence-corrected chi connectivity index (χ0v) is 29.1. The first kappa shape index (κ1) is 35.6. The zero-order valence-electron chi connectivity index (χ0n) is 27.6. The third-order valence-electron chi connectivity index (χ3n) is 11.1. The summed E-state index contributed by atoms with van der Waals surface area (Å²) >= 11 is 5.99. The van der Waals surface area contributed by atoms with Crippen LogP contribution in [-0.2, 0) is 26.6 Å². The Morgan fingerprint density at radius 3 is 2.60 bits per heavy atom. The summed E-state index contributed by atoms with van der Waals surface area (Å²) in [5.74, 6) is -2.03. The van der Waals surface area contributed by atoms with Crippen LogP contribution in [0.3, 0.4) is 0 Å². The van der Waals surface area contributed by atoms with Crippen molar-refractivity contribution in [1.82, 2.24) is 0 Å². The number of benzene rings is 2. The number of nitrogens with two attached hydrogens (primary N) is 1. The van der Waals surface area contributed by atoms with E-state index in [1.165, 1.54) is 12.1 Å². The number of primary sulfonamides is 1. The van der Waals surface area contributed by atoms with Gasteiger partial charge in [0.05, 0.1) is 29.2 Å². The van der Waals surface area contributed by atoms with Crippen molar-refractivity contribution >= 4 is 33.3 Å². The lowest BCUT2D eigenvalue weighted by Crippen LogP contribution is -2.50. The Bertz CT molecular complexity index is 1670. The number of nitrogens with zero attached hydrogens (tertiary/aromatic N) is 1. The molecule has 258 valence electrons. The molecule has 3 N–H and O–H groups in total. The maximum Gasteiger partial charge on any atom is 0.335 e. The van der Waals surface area contributed by atoms with Crippen LogP contribution in [0.5, 0.6) is 5.75 Å². The molecule has 0 aromatic heterocycles. The maximum absolute atomic E-state index is 15.3. The highest BCUT2D eigenvalue weighted by Crippen LogP contribution is 2.48. The van der Waals surface area contributed by atoms with Gasteiger partial charge in [0.25, 0.3) is 0 Å². The number of hydrogen-bond donors (Lipinski definition) is 2. The standard InChI is InChI=1S/C35H45ClF2N2O6S/c1-19(21(3)22(4)47(39,43)44)13-20(2)33(45-5)25-10-8-24(25)16-40-17-35(18-46-30-11-9-23(34(41)42)14-29(30)40)12-6-7-26-27(35)15-28(37)31(36)32(26)38/h9,11,13-15,19,21-22,24-25,33H,6-8,10,12,16-18H2,1-5H3,(H,41,42)(H2,39,43,44)/b20-13+/t19?,21-,22+,24-,25+,33-,35-/m0/s1. The van der Waals surface area contributed by atoms with E-state index in [1.807, 2.05) is 20.8 Å². The van der Waals surface area contributed by atoms with Gasteiger partial charge in [-0.05, 0) is 111 Å². The highest BCUT2D eigenvalue weighted by atomic mass is 35.5. The lowest BCUT2D eigenvalue weighted by Gasteiger charge is -2.46. The quantitative estimate of drug-likeness (QED) is 0.209. The predicted molar refractivity (Wildman–Crippen MR) is 179 cm³/mol. The molecule has 1 aliphatic heterocycles. The Kier molecular flexibility index (Phi) is 10.3. The summed E-state index contributed by atoms with van der Waals surface area (Å²) in [5.41, 5.74) is 1.98. The monoisotopic (exact) mass is 694 g/mol. The molecule has 0 amide bonds. The van der Waals surface area contributed by atoms with Crippen LogP contribution < -0.4 is 14.8 Å². The minimum atomic E-state index is -3.68. The molecule has 8 nitrogen and oxygen atoms in total. The second-order valence-corrected chi connectivity index (χ2v) is 16.2. The number of hydrogen-bond acceptors (Lipinski definition) is 6. The summed E-state index contributed by atoms with van der Waals surface area (Å²) in [7, 11) is -2.00. The molecule has 1 unspecified atom stereocenters. The first-order chi connectivity index (χ1) is 22.1. The van der Waals surface area contributed by atoms with Gasteiger partial charge in [-0.25, -0.2) is 27.1 Å². The molecule has 1 heterocycles. The van der Waals surface area contributed by atoms with Gasteiger partial charge in [-0.15, -0.1) is 0 Å². The number of sulfonamides is 1. The third kappa shape index (κ3) is 6.91. The molecular formula is C35H45ClF2N2O6S. The van der Waals surface area contributed by atoms with Gasteiger partial charge in [-0.2, -0.15) is 0 Å². The van der Waals surface area contributed by atoms with Crippen LogP contribution in [0.1, 0.15) is 74.9 Å². The van der Waals surface area contributed by atoms with Crippen LogP contribution in [0, 0.1) is 35.3 Å². The second-order valence-electron chi connectivity index (χ2n) is 13.9. The summed E-state index contributed by atoms with van der Waals surface area (Å²) in [4.78, 5) is 14.1. The number of aromatic carboxylic acids is 1. The van der Waals surface area contributed by atoms with Crippen LogP contribution in [0.2, 0.25) is 5.02 Å². The number of carboxylic acid groups (broad SMARTS) is 1. The fourth-order valence-corrected chi connectivity index (χ4v) is 8.90. The smallest absolute Gasteiger partial charge is 0.335 e. The molecule has 0 saturated heterocycles. The number of methoxy groups -OCH3 is 1. The van der Waals surface area contributed by atoms with E-state index in [-0.39, 0.29) is 41.9 Å².